The SMILES string of the molecule is Cc1[nH]nc(S(=O)(=O)N2CCc3sccc3C2)c1C(=O)O. The molecule has 2 N–H and O–H groups in total. The number of fused-ring (bicyclic) bond motifs is 1. The number of rotatable bonds is 3. The molecule has 112 valence electrons. The lowest BCUT2D eigenvalue weighted by atomic mass is 10.1. The third kappa shape index (κ3) is 2.27. The van der Waals surface area contributed by atoms with Crippen LogP contribution in [0.2, 0.25) is 0 Å². The minimum Gasteiger partial charge on any atom is -0.478 e. The largest absolute Gasteiger partial charge is 0.478 e. The van der Waals surface area contributed by atoms with E-state index in [4.69, 9.17) is 0 Å². The fourth-order valence-electron chi connectivity index (χ4n) is 2.40. The van der Waals surface area contributed by atoms with Crippen LogP contribution in [-0.2, 0) is 23.0 Å². The number of carbonyl (C=O) groups is 1. The van der Waals surface area contributed by atoms with Gasteiger partial charge in [0.25, 0.3) is 10.0 Å². The summed E-state index contributed by atoms with van der Waals surface area (Å²) >= 11 is 1.61. The van der Waals surface area contributed by atoms with Gasteiger partial charge in [0.05, 0.1) is 0 Å². The Balaban J connectivity index is 2.01. The molecule has 0 saturated carbocycles. The van der Waals surface area contributed by atoms with Gasteiger partial charge in [-0.05, 0) is 30.4 Å². The molecule has 0 atom stereocenters. The van der Waals surface area contributed by atoms with Crippen LogP contribution < -0.4 is 0 Å². The summed E-state index contributed by atoms with van der Waals surface area (Å²) in [4.78, 5) is 12.4. The number of H-pyrrole nitrogens is 1. The number of carboxylic acids is 1. The fourth-order valence-corrected chi connectivity index (χ4v) is 4.83. The van der Waals surface area contributed by atoms with Crippen LogP contribution in [0, 0.1) is 6.92 Å². The molecule has 0 radical (unpaired) electrons. The maximum Gasteiger partial charge on any atom is 0.340 e. The van der Waals surface area contributed by atoms with Gasteiger partial charge in [0.2, 0.25) is 5.03 Å². The Kier molecular flexibility index (Phi) is 3.34. The van der Waals surface area contributed by atoms with Gasteiger partial charge in [-0.25, -0.2) is 13.2 Å². The van der Waals surface area contributed by atoms with E-state index < -0.39 is 21.0 Å². The molecule has 0 unspecified atom stereocenters. The minimum absolute atomic E-state index is 0.231. The monoisotopic (exact) mass is 327 g/mol. The maximum absolute atomic E-state index is 12.6. The number of sulfonamides is 1. The number of aromatic carboxylic acids is 1. The molecule has 21 heavy (non-hydrogen) atoms. The van der Waals surface area contributed by atoms with Gasteiger partial charge < -0.3 is 5.11 Å². The van der Waals surface area contributed by atoms with Crippen LogP contribution in [-0.4, -0.2) is 40.5 Å². The van der Waals surface area contributed by atoms with E-state index in [9.17, 15) is 18.3 Å². The first-order valence-electron chi connectivity index (χ1n) is 6.25. The van der Waals surface area contributed by atoms with Crippen molar-refractivity contribution in [3.63, 3.8) is 0 Å². The van der Waals surface area contributed by atoms with E-state index in [1.807, 2.05) is 11.4 Å². The normalized spacial score (nSPS) is 15.9. The van der Waals surface area contributed by atoms with Crippen molar-refractivity contribution in [3.05, 3.63) is 33.1 Å². The van der Waals surface area contributed by atoms with Gasteiger partial charge in [-0.1, -0.05) is 0 Å². The van der Waals surface area contributed by atoms with E-state index in [2.05, 4.69) is 10.2 Å². The molecule has 0 amide bonds. The third-order valence-corrected chi connectivity index (χ3v) is 6.28. The summed E-state index contributed by atoms with van der Waals surface area (Å²) in [5.41, 5.74) is 0.916. The Morgan fingerprint density at radius 2 is 2.29 bits per heavy atom. The van der Waals surface area contributed by atoms with Crippen molar-refractivity contribution < 1.29 is 18.3 Å². The van der Waals surface area contributed by atoms with Crippen LogP contribution in [0.5, 0.6) is 0 Å². The van der Waals surface area contributed by atoms with Gasteiger partial charge in [0.15, 0.2) is 0 Å². The zero-order valence-corrected chi connectivity index (χ0v) is 12.8. The molecule has 2 aromatic heterocycles. The van der Waals surface area contributed by atoms with Gasteiger partial charge >= 0.3 is 5.97 Å². The molecule has 0 fully saturated rings. The Hall–Kier alpha value is -1.71. The molecule has 2 aromatic rings. The van der Waals surface area contributed by atoms with Gasteiger partial charge in [0.1, 0.15) is 5.56 Å². The minimum atomic E-state index is -3.92. The Morgan fingerprint density at radius 3 is 3.00 bits per heavy atom. The molecule has 9 heteroatoms. The van der Waals surface area contributed by atoms with Crippen molar-refractivity contribution in [1.29, 1.82) is 0 Å². The average Bonchev–Trinajstić information content (AvgIpc) is 3.03. The van der Waals surface area contributed by atoms with E-state index in [0.29, 0.717) is 13.0 Å². The molecule has 0 saturated heterocycles. The van der Waals surface area contributed by atoms with E-state index in [0.717, 1.165) is 5.56 Å². The van der Waals surface area contributed by atoms with Crippen LogP contribution in [0.15, 0.2) is 16.5 Å². The van der Waals surface area contributed by atoms with Crippen LogP contribution in [0.1, 0.15) is 26.5 Å². The van der Waals surface area contributed by atoms with E-state index in [1.165, 1.54) is 16.1 Å². The predicted octanol–water partition coefficient (Wildman–Crippen LogP) is 1.22. The fraction of sp³-hybridized carbons (Fsp3) is 0.333. The molecule has 0 spiro atoms. The summed E-state index contributed by atoms with van der Waals surface area (Å²) in [6.45, 7) is 2.08. The number of aryl methyl sites for hydroxylation is 1. The van der Waals surface area contributed by atoms with Crippen LogP contribution >= 0.6 is 11.3 Å². The molecule has 7 nitrogen and oxygen atoms in total. The number of nitrogens with one attached hydrogen (secondary N) is 1. The van der Waals surface area contributed by atoms with Crippen molar-refractivity contribution in [1.82, 2.24) is 14.5 Å². The Morgan fingerprint density at radius 1 is 1.52 bits per heavy atom. The summed E-state index contributed by atoms with van der Waals surface area (Å²) in [5.74, 6) is -1.30. The molecule has 1 aliphatic heterocycles. The molecular formula is C12H13N3O4S2. The van der Waals surface area contributed by atoms with Crippen molar-refractivity contribution in [3.8, 4) is 0 Å². The van der Waals surface area contributed by atoms with Gasteiger partial charge in [-0.15, -0.1) is 11.3 Å². The van der Waals surface area contributed by atoms with E-state index in [1.54, 1.807) is 11.3 Å². The Bertz CT molecular complexity index is 806. The van der Waals surface area contributed by atoms with Crippen molar-refractivity contribution in [2.45, 2.75) is 24.9 Å². The number of carboxylic acid groups (broad SMARTS) is 1. The number of aromatic nitrogens is 2. The second kappa shape index (κ2) is 4.93. The highest BCUT2D eigenvalue weighted by atomic mass is 32.2. The molecule has 3 heterocycles. The molecule has 3 rings (SSSR count). The zero-order valence-electron chi connectivity index (χ0n) is 11.2. The first-order chi connectivity index (χ1) is 9.91. The first kappa shape index (κ1) is 14.2. The number of hydrogen-bond acceptors (Lipinski definition) is 5. The second-order valence-electron chi connectivity index (χ2n) is 4.79. The number of aromatic amines is 1. The van der Waals surface area contributed by atoms with Crippen molar-refractivity contribution in [2.75, 3.05) is 6.54 Å². The van der Waals surface area contributed by atoms with Gasteiger partial charge in [0, 0.05) is 23.7 Å². The maximum atomic E-state index is 12.6. The summed E-state index contributed by atoms with van der Waals surface area (Å²) in [6.07, 6.45) is 0.637. The highest BCUT2D eigenvalue weighted by Gasteiger charge is 2.35. The third-order valence-electron chi connectivity index (χ3n) is 3.48. The number of thiophene rings is 1. The lowest BCUT2D eigenvalue weighted by Crippen LogP contribution is -2.36. The lowest BCUT2D eigenvalue weighted by Gasteiger charge is -2.25. The second-order valence-corrected chi connectivity index (χ2v) is 7.65. The molecule has 1 aliphatic rings. The zero-order chi connectivity index (χ0) is 15.2. The smallest absolute Gasteiger partial charge is 0.340 e. The number of hydrogen-bond donors (Lipinski definition) is 2. The number of nitrogens with zero attached hydrogens (tertiary/aromatic N) is 2. The first-order valence-corrected chi connectivity index (χ1v) is 8.57. The molecule has 0 bridgehead atoms. The van der Waals surface area contributed by atoms with Gasteiger partial charge in [-0.2, -0.15) is 9.40 Å². The summed E-state index contributed by atoms with van der Waals surface area (Å²) in [5, 5.41) is 16.8. The summed E-state index contributed by atoms with van der Waals surface area (Å²) in [6, 6.07) is 1.90. The van der Waals surface area contributed by atoms with Crippen molar-refractivity contribution in [2.24, 2.45) is 0 Å². The molecule has 0 aliphatic carbocycles. The van der Waals surface area contributed by atoms with Gasteiger partial charge in [-0.3, -0.25) is 5.10 Å². The van der Waals surface area contributed by atoms with E-state index >= 15 is 0 Å². The van der Waals surface area contributed by atoms with Crippen LogP contribution in [0.25, 0.3) is 0 Å². The summed E-state index contributed by atoms with van der Waals surface area (Å²) in [7, 11) is -3.92. The highest BCUT2D eigenvalue weighted by molar-refractivity contribution is 7.89. The van der Waals surface area contributed by atoms with Crippen LogP contribution in [0.3, 0.4) is 0 Å². The Labute approximate surface area is 125 Å². The molecular weight excluding hydrogens is 314 g/mol. The topological polar surface area (TPSA) is 103 Å². The predicted molar refractivity (Wildman–Crippen MR) is 75.9 cm³/mol. The standard InChI is InChI=1S/C12H13N3O4S2/c1-7-10(12(16)17)11(14-13-7)21(18,19)15-4-2-9-8(6-15)3-5-20-9/h3,5H,2,4,6H2,1H3,(H,13,14)(H,16,17). The quantitative estimate of drug-likeness (QED) is 0.882. The highest BCUT2D eigenvalue weighted by Crippen LogP contribution is 2.29. The molecule has 0 aromatic carbocycles. The lowest BCUT2D eigenvalue weighted by molar-refractivity contribution is 0.0691. The average molecular weight is 327 g/mol. The summed E-state index contributed by atoms with van der Waals surface area (Å²) < 4.78 is 26.6. The van der Waals surface area contributed by atoms with Crippen molar-refractivity contribution >= 4 is 27.3 Å². The van der Waals surface area contributed by atoms with E-state index in [-0.39, 0.29) is 17.8 Å². The van der Waals surface area contributed by atoms with Crippen LogP contribution in [0.4, 0.5) is 0 Å².